The fourth-order valence-electron chi connectivity index (χ4n) is 3.60. The van der Waals surface area contributed by atoms with Crippen molar-refractivity contribution in [1.82, 2.24) is 10.2 Å². The van der Waals surface area contributed by atoms with Crippen LogP contribution in [-0.2, 0) is 22.6 Å². The number of nitrogens with zero attached hydrogens (tertiary/aromatic N) is 1. The summed E-state index contributed by atoms with van der Waals surface area (Å²) in [4.78, 5) is 28.3. The lowest BCUT2D eigenvalue weighted by Gasteiger charge is -2.33. The molecule has 0 aliphatic heterocycles. The maximum absolute atomic E-state index is 14.6. The zero-order valence-corrected chi connectivity index (χ0v) is 20.9. The number of carbonyl (C=O) groups excluding carboxylic acids is 2. The molecule has 2 amide bonds. The van der Waals surface area contributed by atoms with E-state index in [1.165, 1.54) is 11.0 Å². The van der Waals surface area contributed by atoms with Crippen LogP contribution in [-0.4, -0.2) is 34.9 Å². The monoisotopic (exact) mass is 496 g/mol. The summed E-state index contributed by atoms with van der Waals surface area (Å²) in [6, 6.07) is 21.5. The van der Waals surface area contributed by atoms with Crippen LogP contribution in [0.15, 0.2) is 78.9 Å². The topological polar surface area (TPSA) is 58.6 Å². The van der Waals surface area contributed by atoms with Crippen LogP contribution in [0.2, 0.25) is 5.02 Å². The molecule has 5 nitrogen and oxygen atoms in total. The van der Waals surface area contributed by atoms with Crippen LogP contribution in [0.1, 0.15) is 31.9 Å². The Balaban J connectivity index is 1.94. The van der Waals surface area contributed by atoms with Crippen molar-refractivity contribution in [3.63, 3.8) is 0 Å². The van der Waals surface area contributed by atoms with Crippen molar-refractivity contribution in [1.29, 1.82) is 0 Å². The van der Waals surface area contributed by atoms with Crippen LogP contribution >= 0.6 is 11.6 Å². The van der Waals surface area contributed by atoms with Crippen LogP contribution in [0.5, 0.6) is 5.75 Å². The summed E-state index contributed by atoms with van der Waals surface area (Å²) >= 11 is 6.02. The Morgan fingerprint density at radius 2 is 1.69 bits per heavy atom. The van der Waals surface area contributed by atoms with Crippen LogP contribution in [0.3, 0.4) is 0 Å². The van der Waals surface area contributed by atoms with E-state index in [1.54, 1.807) is 42.5 Å². The van der Waals surface area contributed by atoms with Crippen LogP contribution in [0, 0.1) is 5.82 Å². The molecular formula is C28H30ClFN2O3. The molecule has 0 heterocycles. The van der Waals surface area contributed by atoms with Crippen molar-refractivity contribution < 1.29 is 18.7 Å². The van der Waals surface area contributed by atoms with Gasteiger partial charge in [-0.15, -0.1) is 0 Å². The van der Waals surface area contributed by atoms with Crippen molar-refractivity contribution in [3.8, 4) is 5.75 Å². The number of halogens is 2. The van der Waals surface area contributed by atoms with Crippen molar-refractivity contribution >= 4 is 23.4 Å². The Morgan fingerprint density at radius 3 is 2.34 bits per heavy atom. The molecule has 0 fully saturated rings. The smallest absolute Gasteiger partial charge is 0.261 e. The summed E-state index contributed by atoms with van der Waals surface area (Å²) < 4.78 is 20.3. The summed E-state index contributed by atoms with van der Waals surface area (Å²) in [5.41, 5.74) is 0.671. The number of hydrogen-bond donors (Lipinski definition) is 1. The highest BCUT2D eigenvalue weighted by atomic mass is 35.5. The lowest BCUT2D eigenvalue weighted by atomic mass is 10.0. The van der Waals surface area contributed by atoms with E-state index in [4.69, 9.17) is 16.3 Å². The van der Waals surface area contributed by atoms with Crippen LogP contribution in [0.25, 0.3) is 0 Å². The third-order valence-electron chi connectivity index (χ3n) is 5.23. The van der Waals surface area contributed by atoms with Gasteiger partial charge in [-0.1, -0.05) is 66.2 Å². The minimum Gasteiger partial charge on any atom is -0.484 e. The Hall–Kier alpha value is -3.38. The first-order valence-corrected chi connectivity index (χ1v) is 11.8. The minimum atomic E-state index is -0.883. The first kappa shape index (κ1) is 26.2. The highest BCUT2D eigenvalue weighted by molar-refractivity contribution is 6.30. The van der Waals surface area contributed by atoms with E-state index >= 15 is 0 Å². The SMILES string of the molecule is CC(C)(C)NC(=O)C(Cc1ccccc1)N(Cc1ccccc1F)C(=O)COc1cccc(Cl)c1. The Kier molecular flexibility index (Phi) is 8.88. The second-order valence-electron chi connectivity index (χ2n) is 9.30. The van der Waals surface area contributed by atoms with Gasteiger partial charge in [0.15, 0.2) is 6.61 Å². The van der Waals surface area contributed by atoms with Gasteiger partial charge in [-0.05, 0) is 50.6 Å². The van der Waals surface area contributed by atoms with Gasteiger partial charge in [0.05, 0.1) is 0 Å². The van der Waals surface area contributed by atoms with E-state index in [-0.39, 0.29) is 25.5 Å². The Bertz CT molecular complexity index is 1150. The summed E-state index contributed by atoms with van der Waals surface area (Å²) in [7, 11) is 0. The summed E-state index contributed by atoms with van der Waals surface area (Å²) in [6.45, 7) is 5.20. The number of benzene rings is 3. The van der Waals surface area contributed by atoms with Crippen LogP contribution in [0.4, 0.5) is 4.39 Å². The predicted octanol–water partition coefficient (Wildman–Crippen LogP) is 5.41. The third kappa shape index (κ3) is 8.11. The molecule has 1 atom stereocenters. The Morgan fingerprint density at radius 1 is 1.00 bits per heavy atom. The van der Waals surface area contributed by atoms with Crippen molar-refractivity contribution in [2.24, 2.45) is 0 Å². The fraction of sp³-hybridized carbons (Fsp3) is 0.286. The molecule has 3 aromatic carbocycles. The molecule has 3 rings (SSSR count). The van der Waals surface area contributed by atoms with Gasteiger partial charge in [0, 0.05) is 29.1 Å². The van der Waals surface area contributed by atoms with Gasteiger partial charge in [0.2, 0.25) is 5.91 Å². The van der Waals surface area contributed by atoms with E-state index in [1.807, 2.05) is 51.1 Å². The van der Waals surface area contributed by atoms with Crippen molar-refractivity contribution in [2.45, 2.75) is 45.3 Å². The second-order valence-corrected chi connectivity index (χ2v) is 9.74. The van der Waals surface area contributed by atoms with Gasteiger partial charge in [-0.3, -0.25) is 9.59 Å². The van der Waals surface area contributed by atoms with E-state index in [2.05, 4.69) is 5.32 Å². The van der Waals surface area contributed by atoms with Crippen molar-refractivity contribution in [2.75, 3.05) is 6.61 Å². The van der Waals surface area contributed by atoms with Gasteiger partial charge in [-0.2, -0.15) is 0 Å². The summed E-state index contributed by atoms with van der Waals surface area (Å²) in [5, 5.41) is 3.45. The maximum atomic E-state index is 14.6. The lowest BCUT2D eigenvalue weighted by molar-refractivity contribution is -0.143. The van der Waals surface area contributed by atoms with Gasteiger partial charge in [0.25, 0.3) is 5.91 Å². The van der Waals surface area contributed by atoms with Crippen LogP contribution < -0.4 is 10.1 Å². The Labute approximate surface area is 210 Å². The average Bonchev–Trinajstić information content (AvgIpc) is 2.80. The third-order valence-corrected chi connectivity index (χ3v) is 5.46. The molecular weight excluding hydrogens is 467 g/mol. The molecule has 0 aliphatic rings. The molecule has 0 aromatic heterocycles. The first-order valence-electron chi connectivity index (χ1n) is 11.4. The number of ether oxygens (including phenoxy) is 1. The maximum Gasteiger partial charge on any atom is 0.261 e. The highest BCUT2D eigenvalue weighted by Crippen LogP contribution is 2.20. The quantitative estimate of drug-likeness (QED) is 0.430. The molecule has 7 heteroatoms. The zero-order valence-electron chi connectivity index (χ0n) is 20.1. The van der Waals surface area contributed by atoms with Gasteiger partial charge < -0.3 is 15.0 Å². The normalized spacial score (nSPS) is 12.0. The molecule has 0 radical (unpaired) electrons. The molecule has 35 heavy (non-hydrogen) atoms. The predicted molar refractivity (Wildman–Crippen MR) is 136 cm³/mol. The molecule has 0 bridgehead atoms. The summed E-state index contributed by atoms with van der Waals surface area (Å²) in [5.74, 6) is -0.793. The highest BCUT2D eigenvalue weighted by Gasteiger charge is 2.33. The van der Waals surface area contributed by atoms with E-state index in [0.717, 1.165) is 5.56 Å². The number of carbonyl (C=O) groups is 2. The lowest BCUT2D eigenvalue weighted by Crippen LogP contribution is -2.55. The zero-order chi connectivity index (χ0) is 25.4. The largest absolute Gasteiger partial charge is 0.484 e. The van der Waals surface area contributed by atoms with Crippen molar-refractivity contribution in [3.05, 3.63) is 101 Å². The van der Waals surface area contributed by atoms with E-state index < -0.39 is 23.3 Å². The molecule has 184 valence electrons. The van der Waals surface area contributed by atoms with E-state index in [0.29, 0.717) is 16.3 Å². The molecule has 1 unspecified atom stereocenters. The van der Waals surface area contributed by atoms with Gasteiger partial charge >= 0.3 is 0 Å². The summed E-state index contributed by atoms with van der Waals surface area (Å²) in [6.07, 6.45) is 0.264. The molecule has 0 aliphatic carbocycles. The van der Waals surface area contributed by atoms with Gasteiger partial charge in [0.1, 0.15) is 17.6 Å². The number of rotatable bonds is 9. The molecule has 1 N–H and O–H groups in total. The van der Waals surface area contributed by atoms with Gasteiger partial charge in [-0.25, -0.2) is 4.39 Å². The number of nitrogens with one attached hydrogen (secondary N) is 1. The number of amides is 2. The standard InChI is InChI=1S/C28H30ClFN2O3/c1-28(2,3)31-27(34)25(16-20-10-5-4-6-11-20)32(18-21-12-7-8-15-24(21)30)26(33)19-35-23-14-9-13-22(29)17-23/h4-15,17,25H,16,18-19H2,1-3H3,(H,31,34). The number of hydrogen-bond acceptors (Lipinski definition) is 3. The van der Waals surface area contributed by atoms with E-state index in [9.17, 15) is 14.0 Å². The second kappa shape index (κ2) is 11.8. The molecule has 0 saturated carbocycles. The molecule has 3 aromatic rings. The molecule has 0 spiro atoms. The average molecular weight is 497 g/mol. The first-order chi connectivity index (χ1) is 16.6. The fourth-order valence-corrected chi connectivity index (χ4v) is 3.78. The molecule has 0 saturated heterocycles. The minimum absolute atomic E-state index is 0.0839.